The van der Waals surface area contributed by atoms with Crippen LogP contribution in [-0.4, -0.2) is 46.3 Å². The van der Waals surface area contributed by atoms with E-state index in [1.54, 1.807) is 0 Å². The van der Waals surface area contributed by atoms with E-state index >= 15 is 0 Å². The minimum atomic E-state index is 0.335. The van der Waals surface area contributed by atoms with Crippen LogP contribution in [0.2, 0.25) is 0 Å². The number of piperidine rings is 1. The SMILES string of the molecule is O=C(CC1CCCN1)N1CCC(Cn2cccn2)CC1. The van der Waals surface area contributed by atoms with Crippen LogP contribution in [0.4, 0.5) is 0 Å². The molecule has 1 aromatic heterocycles. The van der Waals surface area contributed by atoms with Crippen LogP contribution in [0.1, 0.15) is 32.1 Å². The highest BCUT2D eigenvalue weighted by Gasteiger charge is 2.25. The summed E-state index contributed by atoms with van der Waals surface area (Å²) in [4.78, 5) is 14.3. The molecule has 2 fully saturated rings. The van der Waals surface area contributed by atoms with Crippen LogP contribution in [0.15, 0.2) is 18.5 Å². The van der Waals surface area contributed by atoms with Gasteiger partial charge in [0.1, 0.15) is 0 Å². The number of aromatic nitrogens is 2. The molecule has 1 N–H and O–H groups in total. The number of likely N-dealkylation sites (tertiary alicyclic amines) is 1. The van der Waals surface area contributed by atoms with Crippen molar-refractivity contribution in [1.29, 1.82) is 0 Å². The third kappa shape index (κ3) is 3.39. The molecule has 0 saturated carbocycles. The third-order valence-corrected chi connectivity index (χ3v) is 4.56. The van der Waals surface area contributed by atoms with Gasteiger partial charge in [-0.25, -0.2) is 0 Å². The lowest BCUT2D eigenvalue weighted by molar-refractivity contribution is -0.133. The quantitative estimate of drug-likeness (QED) is 0.901. The Morgan fingerprint density at radius 2 is 2.15 bits per heavy atom. The monoisotopic (exact) mass is 276 g/mol. The first-order chi connectivity index (χ1) is 9.81. The standard InChI is InChI=1S/C15H24N4O/c20-15(11-14-3-1-6-16-14)18-9-4-13(5-10-18)12-19-8-2-7-17-19/h2,7-8,13-14,16H,1,3-6,9-12H2. The zero-order chi connectivity index (χ0) is 13.8. The zero-order valence-corrected chi connectivity index (χ0v) is 12.0. The molecule has 1 amide bonds. The van der Waals surface area contributed by atoms with E-state index in [2.05, 4.69) is 15.3 Å². The number of amides is 1. The van der Waals surface area contributed by atoms with Crippen LogP contribution in [-0.2, 0) is 11.3 Å². The maximum absolute atomic E-state index is 12.2. The van der Waals surface area contributed by atoms with Gasteiger partial charge in [-0.1, -0.05) is 0 Å². The summed E-state index contributed by atoms with van der Waals surface area (Å²) in [5, 5.41) is 7.67. The summed E-state index contributed by atoms with van der Waals surface area (Å²) in [5.41, 5.74) is 0. The molecule has 110 valence electrons. The van der Waals surface area contributed by atoms with Gasteiger partial charge < -0.3 is 10.2 Å². The first-order valence-electron chi connectivity index (χ1n) is 7.80. The molecule has 0 aromatic carbocycles. The maximum Gasteiger partial charge on any atom is 0.224 e. The molecule has 1 unspecified atom stereocenters. The molecule has 2 aliphatic rings. The summed E-state index contributed by atoms with van der Waals surface area (Å²) < 4.78 is 2.00. The highest BCUT2D eigenvalue weighted by Crippen LogP contribution is 2.20. The van der Waals surface area contributed by atoms with E-state index < -0.39 is 0 Å². The van der Waals surface area contributed by atoms with E-state index in [0.717, 1.165) is 45.4 Å². The van der Waals surface area contributed by atoms with Crippen LogP contribution < -0.4 is 5.32 Å². The van der Waals surface area contributed by atoms with Crippen LogP contribution in [0.5, 0.6) is 0 Å². The summed E-state index contributed by atoms with van der Waals surface area (Å²) in [6.45, 7) is 3.89. The Kier molecular flexibility index (Phi) is 4.35. The van der Waals surface area contributed by atoms with Crippen LogP contribution in [0.25, 0.3) is 0 Å². The molecule has 0 bridgehead atoms. The van der Waals surface area contributed by atoms with E-state index in [1.807, 2.05) is 23.1 Å². The second kappa shape index (κ2) is 6.39. The fraction of sp³-hybridized carbons (Fsp3) is 0.733. The van der Waals surface area contributed by atoms with E-state index in [0.29, 0.717) is 24.3 Å². The van der Waals surface area contributed by atoms with Crippen LogP contribution >= 0.6 is 0 Å². The van der Waals surface area contributed by atoms with Gasteiger partial charge in [-0.3, -0.25) is 9.48 Å². The second-order valence-electron chi connectivity index (χ2n) is 6.05. The number of carbonyl (C=O) groups excluding carboxylic acids is 1. The highest BCUT2D eigenvalue weighted by atomic mass is 16.2. The van der Waals surface area contributed by atoms with Gasteiger partial charge >= 0.3 is 0 Å². The highest BCUT2D eigenvalue weighted by molar-refractivity contribution is 5.77. The van der Waals surface area contributed by atoms with Gasteiger partial charge in [-0.2, -0.15) is 5.10 Å². The molecule has 3 rings (SSSR count). The molecular formula is C15H24N4O. The van der Waals surface area contributed by atoms with Crippen molar-refractivity contribution >= 4 is 5.91 Å². The number of carbonyl (C=O) groups is 1. The Hall–Kier alpha value is -1.36. The summed E-state index contributed by atoms with van der Waals surface area (Å²) in [6, 6.07) is 2.39. The maximum atomic E-state index is 12.2. The molecule has 20 heavy (non-hydrogen) atoms. The summed E-state index contributed by atoms with van der Waals surface area (Å²) in [6.07, 6.45) is 9.10. The average molecular weight is 276 g/mol. The topological polar surface area (TPSA) is 50.2 Å². The van der Waals surface area contributed by atoms with E-state index in [4.69, 9.17) is 0 Å². The lowest BCUT2D eigenvalue weighted by Gasteiger charge is -2.32. The van der Waals surface area contributed by atoms with Gasteiger partial charge in [0.2, 0.25) is 5.91 Å². The molecule has 2 aliphatic heterocycles. The Balaban J connectivity index is 1.42. The Morgan fingerprint density at radius 1 is 1.30 bits per heavy atom. The molecule has 1 aromatic rings. The van der Waals surface area contributed by atoms with E-state index in [1.165, 1.54) is 6.42 Å². The lowest BCUT2D eigenvalue weighted by atomic mass is 9.96. The predicted molar refractivity (Wildman–Crippen MR) is 77.2 cm³/mol. The van der Waals surface area contributed by atoms with Gasteiger partial charge in [-0.05, 0) is 44.2 Å². The number of nitrogens with one attached hydrogen (secondary N) is 1. The van der Waals surface area contributed by atoms with Crippen molar-refractivity contribution in [2.75, 3.05) is 19.6 Å². The fourth-order valence-electron chi connectivity index (χ4n) is 3.31. The van der Waals surface area contributed by atoms with Gasteiger partial charge in [0.15, 0.2) is 0 Å². The first-order valence-corrected chi connectivity index (χ1v) is 7.80. The minimum Gasteiger partial charge on any atom is -0.343 e. The van der Waals surface area contributed by atoms with Crippen molar-refractivity contribution in [3.63, 3.8) is 0 Å². The van der Waals surface area contributed by atoms with Crippen LogP contribution in [0.3, 0.4) is 0 Å². The van der Waals surface area contributed by atoms with Gasteiger partial charge in [-0.15, -0.1) is 0 Å². The van der Waals surface area contributed by atoms with Crippen molar-refractivity contribution in [2.45, 2.75) is 44.7 Å². The Morgan fingerprint density at radius 3 is 2.80 bits per heavy atom. The number of nitrogens with zero attached hydrogens (tertiary/aromatic N) is 3. The summed E-state index contributed by atoms with van der Waals surface area (Å²) >= 11 is 0. The molecule has 3 heterocycles. The van der Waals surface area contributed by atoms with Crippen molar-refractivity contribution in [3.8, 4) is 0 Å². The van der Waals surface area contributed by atoms with Crippen molar-refractivity contribution in [2.24, 2.45) is 5.92 Å². The normalized spacial score (nSPS) is 24.2. The molecule has 0 aliphatic carbocycles. The minimum absolute atomic E-state index is 0.335. The summed E-state index contributed by atoms with van der Waals surface area (Å²) in [7, 11) is 0. The zero-order valence-electron chi connectivity index (χ0n) is 12.0. The smallest absolute Gasteiger partial charge is 0.224 e. The predicted octanol–water partition coefficient (Wildman–Crippen LogP) is 1.26. The Labute approximate surface area is 120 Å². The first kappa shape index (κ1) is 13.6. The third-order valence-electron chi connectivity index (χ3n) is 4.56. The number of hydrogen-bond acceptors (Lipinski definition) is 3. The lowest BCUT2D eigenvalue weighted by Crippen LogP contribution is -2.41. The largest absolute Gasteiger partial charge is 0.343 e. The van der Waals surface area contributed by atoms with E-state index in [9.17, 15) is 4.79 Å². The molecule has 0 radical (unpaired) electrons. The molecule has 5 heteroatoms. The van der Waals surface area contributed by atoms with Gasteiger partial charge in [0.05, 0.1) is 0 Å². The number of hydrogen-bond donors (Lipinski definition) is 1. The van der Waals surface area contributed by atoms with Crippen LogP contribution in [0, 0.1) is 5.92 Å². The van der Waals surface area contributed by atoms with E-state index in [-0.39, 0.29) is 0 Å². The average Bonchev–Trinajstić information content (AvgIpc) is 3.13. The molecule has 2 saturated heterocycles. The van der Waals surface area contributed by atoms with Crippen molar-refractivity contribution in [3.05, 3.63) is 18.5 Å². The fourth-order valence-corrected chi connectivity index (χ4v) is 3.31. The van der Waals surface area contributed by atoms with Crippen molar-refractivity contribution in [1.82, 2.24) is 20.0 Å². The van der Waals surface area contributed by atoms with Crippen molar-refractivity contribution < 1.29 is 4.79 Å². The van der Waals surface area contributed by atoms with Gasteiger partial charge in [0, 0.05) is 44.5 Å². The molecule has 0 spiro atoms. The van der Waals surface area contributed by atoms with Gasteiger partial charge in [0.25, 0.3) is 0 Å². The Bertz CT molecular complexity index is 417. The summed E-state index contributed by atoms with van der Waals surface area (Å²) in [5.74, 6) is 0.991. The molecule has 5 nitrogen and oxygen atoms in total. The number of rotatable bonds is 4. The molecular weight excluding hydrogens is 252 g/mol. The molecule has 1 atom stereocenters. The second-order valence-corrected chi connectivity index (χ2v) is 6.05.